The SMILES string of the molecule is CCn1c(NC(=O)C2CCCC(=O)N2C)nc2cc(Cl)ccc21. The smallest absolute Gasteiger partial charge is 0.249 e. The topological polar surface area (TPSA) is 67.2 Å². The Bertz CT molecular complexity index is 771. The second-order valence-electron chi connectivity index (χ2n) is 5.71. The van der Waals surface area contributed by atoms with Crippen molar-refractivity contribution in [2.45, 2.75) is 38.8 Å². The van der Waals surface area contributed by atoms with Crippen LogP contribution in [0.4, 0.5) is 5.95 Å². The fourth-order valence-electron chi connectivity index (χ4n) is 3.01. The molecular weight excluding hydrogens is 316 g/mol. The third-order valence-electron chi connectivity index (χ3n) is 4.29. The van der Waals surface area contributed by atoms with Gasteiger partial charge in [-0.25, -0.2) is 4.98 Å². The monoisotopic (exact) mass is 334 g/mol. The molecule has 1 fully saturated rings. The highest BCUT2D eigenvalue weighted by molar-refractivity contribution is 6.31. The van der Waals surface area contributed by atoms with Gasteiger partial charge in [0.15, 0.2) is 0 Å². The van der Waals surface area contributed by atoms with Gasteiger partial charge in [0.25, 0.3) is 0 Å². The molecule has 2 heterocycles. The van der Waals surface area contributed by atoms with E-state index in [9.17, 15) is 9.59 Å². The largest absolute Gasteiger partial charge is 0.334 e. The molecule has 0 radical (unpaired) electrons. The van der Waals surface area contributed by atoms with E-state index in [1.807, 2.05) is 17.6 Å². The third kappa shape index (κ3) is 2.91. The van der Waals surface area contributed by atoms with Gasteiger partial charge in [-0.05, 0) is 38.0 Å². The van der Waals surface area contributed by atoms with Crippen molar-refractivity contribution in [3.05, 3.63) is 23.2 Å². The van der Waals surface area contributed by atoms with Crippen LogP contribution < -0.4 is 5.32 Å². The maximum Gasteiger partial charge on any atom is 0.249 e. The lowest BCUT2D eigenvalue weighted by molar-refractivity contribution is -0.140. The second-order valence-corrected chi connectivity index (χ2v) is 6.15. The molecule has 0 saturated carbocycles. The summed E-state index contributed by atoms with van der Waals surface area (Å²) in [5.41, 5.74) is 1.66. The molecule has 0 bridgehead atoms. The van der Waals surface area contributed by atoms with E-state index in [1.54, 1.807) is 19.2 Å². The molecule has 1 atom stereocenters. The van der Waals surface area contributed by atoms with Crippen LogP contribution in [0.3, 0.4) is 0 Å². The maximum atomic E-state index is 12.6. The molecule has 1 saturated heterocycles. The van der Waals surface area contributed by atoms with Crippen LogP contribution in [-0.2, 0) is 16.1 Å². The van der Waals surface area contributed by atoms with Crippen LogP contribution in [0.2, 0.25) is 5.02 Å². The number of aromatic nitrogens is 2. The number of likely N-dealkylation sites (tertiary alicyclic amines) is 1. The highest BCUT2D eigenvalue weighted by Crippen LogP contribution is 2.24. The molecule has 6 nitrogen and oxygen atoms in total. The summed E-state index contributed by atoms with van der Waals surface area (Å²) in [6, 6.07) is 5.02. The molecule has 1 aromatic heterocycles. The Kier molecular flexibility index (Phi) is 4.26. The van der Waals surface area contributed by atoms with Crippen LogP contribution in [0.25, 0.3) is 11.0 Å². The minimum Gasteiger partial charge on any atom is -0.334 e. The standard InChI is InChI=1S/C16H19ClN4O2/c1-3-21-12-8-7-10(17)9-11(12)18-16(21)19-15(23)13-5-4-6-14(22)20(13)2/h7-9,13H,3-6H2,1-2H3,(H,18,19,23). The molecule has 1 N–H and O–H groups in total. The Labute approximate surface area is 139 Å². The average molecular weight is 335 g/mol. The number of rotatable bonds is 3. The van der Waals surface area contributed by atoms with Crippen LogP contribution in [-0.4, -0.2) is 39.4 Å². The van der Waals surface area contributed by atoms with Gasteiger partial charge < -0.3 is 9.47 Å². The van der Waals surface area contributed by atoms with E-state index in [2.05, 4.69) is 10.3 Å². The Morgan fingerprint density at radius 1 is 1.48 bits per heavy atom. The van der Waals surface area contributed by atoms with Crippen LogP contribution in [0, 0.1) is 0 Å². The lowest BCUT2D eigenvalue weighted by atomic mass is 10.0. The quantitative estimate of drug-likeness (QED) is 0.938. The van der Waals surface area contributed by atoms with Crippen LogP contribution in [0.1, 0.15) is 26.2 Å². The molecular formula is C16H19ClN4O2. The number of nitrogens with zero attached hydrogens (tertiary/aromatic N) is 3. The van der Waals surface area contributed by atoms with E-state index in [-0.39, 0.29) is 11.8 Å². The average Bonchev–Trinajstić information content (AvgIpc) is 2.85. The minimum absolute atomic E-state index is 0.00664. The summed E-state index contributed by atoms with van der Waals surface area (Å²) in [7, 11) is 1.67. The maximum absolute atomic E-state index is 12.6. The molecule has 122 valence electrons. The fourth-order valence-corrected chi connectivity index (χ4v) is 3.18. The summed E-state index contributed by atoms with van der Waals surface area (Å²) in [4.78, 5) is 30.3. The number of hydrogen-bond donors (Lipinski definition) is 1. The van der Waals surface area contributed by atoms with Crippen molar-refractivity contribution in [1.82, 2.24) is 14.5 Å². The fraction of sp³-hybridized carbons (Fsp3) is 0.438. The number of imidazole rings is 1. The van der Waals surface area contributed by atoms with E-state index < -0.39 is 6.04 Å². The zero-order valence-electron chi connectivity index (χ0n) is 13.2. The van der Waals surface area contributed by atoms with Gasteiger partial charge in [-0.2, -0.15) is 0 Å². The number of aryl methyl sites for hydroxylation is 1. The third-order valence-corrected chi connectivity index (χ3v) is 4.53. The van der Waals surface area contributed by atoms with Crippen molar-refractivity contribution in [3.63, 3.8) is 0 Å². The number of anilines is 1. The summed E-state index contributed by atoms with van der Waals surface area (Å²) in [5.74, 6) is 0.296. The van der Waals surface area contributed by atoms with E-state index in [0.717, 1.165) is 17.5 Å². The molecule has 3 rings (SSSR count). The molecule has 1 aromatic carbocycles. The summed E-state index contributed by atoms with van der Waals surface area (Å²) in [6.45, 7) is 2.66. The molecule has 2 aromatic rings. The summed E-state index contributed by atoms with van der Waals surface area (Å²) >= 11 is 6.01. The van der Waals surface area contributed by atoms with Gasteiger partial charge in [0, 0.05) is 25.0 Å². The normalized spacial score (nSPS) is 18.5. The van der Waals surface area contributed by atoms with E-state index >= 15 is 0 Å². The van der Waals surface area contributed by atoms with Gasteiger partial charge >= 0.3 is 0 Å². The predicted molar refractivity (Wildman–Crippen MR) is 89.5 cm³/mol. The molecule has 2 amide bonds. The molecule has 0 spiro atoms. The van der Waals surface area contributed by atoms with Crippen LogP contribution in [0.15, 0.2) is 18.2 Å². The van der Waals surface area contributed by atoms with Crippen LogP contribution in [0.5, 0.6) is 0 Å². The van der Waals surface area contributed by atoms with Crippen molar-refractivity contribution in [2.75, 3.05) is 12.4 Å². The zero-order chi connectivity index (χ0) is 16.6. The predicted octanol–water partition coefficient (Wildman–Crippen LogP) is 2.66. The molecule has 1 unspecified atom stereocenters. The number of fused-ring (bicyclic) bond motifs is 1. The Hall–Kier alpha value is -2.08. The van der Waals surface area contributed by atoms with Crippen molar-refractivity contribution in [3.8, 4) is 0 Å². The second kappa shape index (κ2) is 6.20. The first-order valence-electron chi connectivity index (χ1n) is 7.73. The van der Waals surface area contributed by atoms with E-state index in [4.69, 9.17) is 11.6 Å². The Morgan fingerprint density at radius 2 is 2.26 bits per heavy atom. The van der Waals surface area contributed by atoms with Crippen LogP contribution >= 0.6 is 11.6 Å². The van der Waals surface area contributed by atoms with Crippen molar-refractivity contribution >= 4 is 40.4 Å². The lowest BCUT2D eigenvalue weighted by Crippen LogP contribution is -2.47. The zero-order valence-corrected chi connectivity index (χ0v) is 13.9. The number of hydrogen-bond acceptors (Lipinski definition) is 3. The number of piperidine rings is 1. The van der Waals surface area contributed by atoms with Gasteiger partial charge in [-0.1, -0.05) is 11.6 Å². The molecule has 1 aliphatic heterocycles. The van der Waals surface area contributed by atoms with Gasteiger partial charge in [-0.15, -0.1) is 0 Å². The first-order valence-corrected chi connectivity index (χ1v) is 8.11. The summed E-state index contributed by atoms with van der Waals surface area (Å²) in [6.07, 6.45) is 1.92. The molecule has 23 heavy (non-hydrogen) atoms. The van der Waals surface area contributed by atoms with Gasteiger partial charge in [0.05, 0.1) is 11.0 Å². The first kappa shape index (κ1) is 15.8. The van der Waals surface area contributed by atoms with E-state index in [0.29, 0.717) is 30.4 Å². The van der Waals surface area contributed by atoms with Gasteiger partial charge in [0.2, 0.25) is 17.8 Å². The summed E-state index contributed by atoms with van der Waals surface area (Å²) < 4.78 is 1.92. The highest BCUT2D eigenvalue weighted by atomic mass is 35.5. The van der Waals surface area contributed by atoms with Gasteiger partial charge in [-0.3, -0.25) is 14.9 Å². The number of halogens is 1. The number of carbonyl (C=O) groups is 2. The molecule has 1 aliphatic rings. The number of nitrogens with one attached hydrogen (secondary N) is 1. The Morgan fingerprint density at radius 3 is 3.00 bits per heavy atom. The first-order chi connectivity index (χ1) is 11.0. The number of likely N-dealkylation sites (N-methyl/N-ethyl adjacent to an activating group) is 1. The van der Waals surface area contributed by atoms with Crippen molar-refractivity contribution < 1.29 is 9.59 Å². The van der Waals surface area contributed by atoms with Gasteiger partial charge in [0.1, 0.15) is 6.04 Å². The molecule has 0 aliphatic carbocycles. The highest BCUT2D eigenvalue weighted by Gasteiger charge is 2.31. The number of amides is 2. The number of benzene rings is 1. The van der Waals surface area contributed by atoms with Crippen molar-refractivity contribution in [2.24, 2.45) is 0 Å². The minimum atomic E-state index is -0.440. The lowest BCUT2D eigenvalue weighted by Gasteiger charge is -2.31. The Balaban J connectivity index is 1.88. The summed E-state index contributed by atoms with van der Waals surface area (Å²) in [5, 5.41) is 3.47. The number of carbonyl (C=O) groups excluding carboxylic acids is 2. The van der Waals surface area contributed by atoms with Crippen molar-refractivity contribution in [1.29, 1.82) is 0 Å². The molecule has 7 heteroatoms. The van der Waals surface area contributed by atoms with E-state index in [1.165, 1.54) is 4.90 Å².